The standard InChI is InChI=1S/C19H14FN3S2/c1-24-15-4-2-3-14(9-15)23-18-17-16(10-25-19(17)22-11-21-18)12-5-7-13(20)8-6-12/h2-11H,1H3,(H,21,22,23). The molecule has 0 saturated heterocycles. The average molecular weight is 367 g/mol. The summed E-state index contributed by atoms with van der Waals surface area (Å²) in [6.45, 7) is 0. The summed E-state index contributed by atoms with van der Waals surface area (Å²) >= 11 is 3.25. The molecule has 0 aliphatic rings. The van der Waals surface area contributed by atoms with Crippen LogP contribution in [0.3, 0.4) is 0 Å². The van der Waals surface area contributed by atoms with E-state index in [4.69, 9.17) is 0 Å². The number of fused-ring (bicyclic) bond motifs is 1. The zero-order valence-electron chi connectivity index (χ0n) is 13.4. The minimum absolute atomic E-state index is 0.244. The molecule has 6 heteroatoms. The minimum Gasteiger partial charge on any atom is -0.340 e. The minimum atomic E-state index is -0.244. The van der Waals surface area contributed by atoms with Crippen LogP contribution in [0.5, 0.6) is 0 Å². The zero-order valence-corrected chi connectivity index (χ0v) is 15.0. The van der Waals surface area contributed by atoms with Crippen LogP contribution in [0, 0.1) is 5.82 Å². The molecule has 3 nitrogen and oxygen atoms in total. The van der Waals surface area contributed by atoms with Crippen molar-refractivity contribution < 1.29 is 4.39 Å². The van der Waals surface area contributed by atoms with Crippen LogP contribution >= 0.6 is 23.1 Å². The number of hydrogen-bond donors (Lipinski definition) is 1. The molecule has 124 valence electrons. The Hall–Kier alpha value is -2.44. The highest BCUT2D eigenvalue weighted by atomic mass is 32.2. The van der Waals surface area contributed by atoms with Gasteiger partial charge < -0.3 is 5.32 Å². The van der Waals surface area contributed by atoms with Gasteiger partial charge in [0.1, 0.15) is 22.8 Å². The van der Waals surface area contributed by atoms with Crippen molar-refractivity contribution in [2.75, 3.05) is 11.6 Å². The Bertz CT molecular complexity index is 1030. The molecule has 0 aliphatic carbocycles. The number of thioether (sulfide) groups is 1. The molecule has 0 amide bonds. The largest absolute Gasteiger partial charge is 0.340 e. The second-order valence-corrected chi connectivity index (χ2v) is 7.15. The van der Waals surface area contributed by atoms with Crippen LogP contribution in [0.25, 0.3) is 21.3 Å². The first-order chi connectivity index (χ1) is 12.2. The maximum Gasteiger partial charge on any atom is 0.143 e. The summed E-state index contributed by atoms with van der Waals surface area (Å²) in [7, 11) is 0. The van der Waals surface area contributed by atoms with Crippen LogP contribution in [0.2, 0.25) is 0 Å². The Kier molecular flexibility index (Phi) is 4.38. The zero-order chi connectivity index (χ0) is 17.2. The van der Waals surface area contributed by atoms with E-state index in [1.165, 1.54) is 17.0 Å². The number of aromatic nitrogens is 2. The van der Waals surface area contributed by atoms with Gasteiger partial charge in [0, 0.05) is 21.5 Å². The maximum absolute atomic E-state index is 13.2. The molecule has 1 N–H and O–H groups in total. The van der Waals surface area contributed by atoms with E-state index in [1.807, 2.05) is 23.8 Å². The summed E-state index contributed by atoms with van der Waals surface area (Å²) in [5.74, 6) is 0.510. The fourth-order valence-corrected chi connectivity index (χ4v) is 4.02. The summed E-state index contributed by atoms with van der Waals surface area (Å²) in [6, 6.07) is 14.7. The van der Waals surface area contributed by atoms with Crippen molar-refractivity contribution in [3.05, 3.63) is 66.1 Å². The number of thiophene rings is 1. The molecule has 4 aromatic rings. The van der Waals surface area contributed by atoms with Crippen molar-refractivity contribution in [1.29, 1.82) is 0 Å². The first-order valence-corrected chi connectivity index (χ1v) is 9.74. The van der Waals surface area contributed by atoms with Gasteiger partial charge in [-0.05, 0) is 42.2 Å². The summed E-state index contributed by atoms with van der Waals surface area (Å²) in [4.78, 5) is 10.9. The molecule has 2 heterocycles. The molecule has 25 heavy (non-hydrogen) atoms. The second kappa shape index (κ2) is 6.82. The first kappa shape index (κ1) is 16.1. The van der Waals surface area contributed by atoms with Crippen LogP contribution in [0.1, 0.15) is 0 Å². The third-order valence-corrected chi connectivity index (χ3v) is 5.47. The Morgan fingerprint density at radius 1 is 1.08 bits per heavy atom. The Labute approximate surface area is 153 Å². The number of anilines is 2. The van der Waals surface area contributed by atoms with Gasteiger partial charge in [-0.2, -0.15) is 0 Å². The number of halogens is 1. The summed E-state index contributed by atoms with van der Waals surface area (Å²) in [5, 5.41) is 6.39. The third kappa shape index (κ3) is 3.23. The molecule has 0 saturated carbocycles. The topological polar surface area (TPSA) is 37.8 Å². The van der Waals surface area contributed by atoms with Crippen LogP contribution in [-0.2, 0) is 0 Å². The average Bonchev–Trinajstić information content (AvgIpc) is 3.08. The molecule has 2 aromatic heterocycles. The van der Waals surface area contributed by atoms with Crippen LogP contribution in [0.4, 0.5) is 15.9 Å². The molecule has 0 atom stereocenters. The van der Waals surface area contributed by atoms with Crippen LogP contribution < -0.4 is 5.32 Å². The molecule has 0 unspecified atom stereocenters. The van der Waals surface area contributed by atoms with Gasteiger partial charge in [0.15, 0.2) is 0 Å². The van der Waals surface area contributed by atoms with Gasteiger partial charge in [-0.25, -0.2) is 14.4 Å². The van der Waals surface area contributed by atoms with Crippen LogP contribution in [-0.4, -0.2) is 16.2 Å². The lowest BCUT2D eigenvalue weighted by Gasteiger charge is -2.09. The third-order valence-electron chi connectivity index (χ3n) is 3.86. The Balaban J connectivity index is 1.81. The van der Waals surface area contributed by atoms with Gasteiger partial charge >= 0.3 is 0 Å². The number of benzene rings is 2. The smallest absolute Gasteiger partial charge is 0.143 e. The number of rotatable bonds is 4. The highest BCUT2D eigenvalue weighted by molar-refractivity contribution is 7.98. The van der Waals surface area contributed by atoms with Crippen molar-refractivity contribution in [3.8, 4) is 11.1 Å². The van der Waals surface area contributed by atoms with Gasteiger partial charge in [0.25, 0.3) is 0 Å². The maximum atomic E-state index is 13.2. The van der Waals surface area contributed by atoms with Crippen molar-refractivity contribution in [2.45, 2.75) is 4.90 Å². The molecule has 0 fully saturated rings. The van der Waals surface area contributed by atoms with E-state index in [0.29, 0.717) is 0 Å². The molecule has 0 bridgehead atoms. The first-order valence-electron chi connectivity index (χ1n) is 7.64. The van der Waals surface area contributed by atoms with Gasteiger partial charge in [0.2, 0.25) is 0 Å². The lowest BCUT2D eigenvalue weighted by atomic mass is 10.1. The van der Waals surface area contributed by atoms with E-state index in [-0.39, 0.29) is 5.82 Å². The molecular formula is C19H14FN3S2. The monoisotopic (exact) mass is 367 g/mol. The molecule has 2 aromatic carbocycles. The van der Waals surface area contributed by atoms with E-state index in [2.05, 4.69) is 27.4 Å². The SMILES string of the molecule is CSc1cccc(Nc2ncnc3scc(-c4ccc(F)cc4)c23)c1. The van der Waals surface area contributed by atoms with E-state index >= 15 is 0 Å². The summed E-state index contributed by atoms with van der Waals surface area (Å²) in [6.07, 6.45) is 3.61. The van der Waals surface area contributed by atoms with E-state index in [1.54, 1.807) is 41.6 Å². The molecule has 0 spiro atoms. The highest BCUT2D eigenvalue weighted by Crippen LogP contribution is 2.37. The van der Waals surface area contributed by atoms with Crippen molar-refractivity contribution >= 4 is 44.8 Å². The van der Waals surface area contributed by atoms with Gasteiger partial charge in [0.05, 0.1) is 5.39 Å². The number of nitrogens with one attached hydrogen (secondary N) is 1. The van der Waals surface area contributed by atoms with Gasteiger partial charge in [-0.1, -0.05) is 18.2 Å². The van der Waals surface area contributed by atoms with Gasteiger partial charge in [-0.3, -0.25) is 0 Å². The molecular weight excluding hydrogens is 353 g/mol. The van der Waals surface area contributed by atoms with E-state index < -0.39 is 0 Å². The quantitative estimate of drug-likeness (QED) is 0.451. The summed E-state index contributed by atoms with van der Waals surface area (Å²) < 4.78 is 13.2. The lowest BCUT2D eigenvalue weighted by Crippen LogP contribution is -1.95. The number of hydrogen-bond acceptors (Lipinski definition) is 5. The second-order valence-electron chi connectivity index (χ2n) is 5.42. The molecule has 0 radical (unpaired) electrons. The van der Waals surface area contributed by atoms with Crippen molar-refractivity contribution in [3.63, 3.8) is 0 Å². The van der Waals surface area contributed by atoms with Crippen molar-refractivity contribution in [2.24, 2.45) is 0 Å². The fraction of sp³-hybridized carbons (Fsp3) is 0.0526. The molecule has 4 rings (SSSR count). The van der Waals surface area contributed by atoms with E-state index in [9.17, 15) is 4.39 Å². The number of nitrogens with zero attached hydrogens (tertiary/aromatic N) is 2. The van der Waals surface area contributed by atoms with Gasteiger partial charge in [-0.15, -0.1) is 23.1 Å². The Morgan fingerprint density at radius 3 is 2.72 bits per heavy atom. The normalized spacial score (nSPS) is 11.0. The fourth-order valence-electron chi connectivity index (χ4n) is 2.65. The predicted molar refractivity (Wildman–Crippen MR) is 104 cm³/mol. The van der Waals surface area contributed by atoms with E-state index in [0.717, 1.165) is 32.8 Å². The summed E-state index contributed by atoms with van der Waals surface area (Å²) in [5.41, 5.74) is 2.93. The Morgan fingerprint density at radius 2 is 1.92 bits per heavy atom. The van der Waals surface area contributed by atoms with Crippen LogP contribution in [0.15, 0.2) is 65.1 Å². The predicted octanol–water partition coefficient (Wildman–Crippen LogP) is 5.96. The van der Waals surface area contributed by atoms with Crippen molar-refractivity contribution in [1.82, 2.24) is 9.97 Å². The highest BCUT2D eigenvalue weighted by Gasteiger charge is 2.13. The lowest BCUT2D eigenvalue weighted by molar-refractivity contribution is 0.628. The molecule has 0 aliphatic heterocycles.